The molecule has 0 radical (unpaired) electrons. The van der Waals surface area contributed by atoms with Gasteiger partial charge in [-0.25, -0.2) is 0 Å². The summed E-state index contributed by atoms with van der Waals surface area (Å²) < 4.78 is 5.47. The van der Waals surface area contributed by atoms with E-state index in [9.17, 15) is 9.59 Å². The fourth-order valence-corrected chi connectivity index (χ4v) is 2.72. The van der Waals surface area contributed by atoms with Crippen LogP contribution in [0.15, 0.2) is 48.5 Å². The van der Waals surface area contributed by atoms with E-state index in [0.717, 1.165) is 12.8 Å². The van der Waals surface area contributed by atoms with Crippen LogP contribution < -0.4 is 5.32 Å². The third-order valence-electron chi connectivity index (χ3n) is 3.85. The van der Waals surface area contributed by atoms with E-state index in [-0.39, 0.29) is 18.4 Å². The highest BCUT2D eigenvalue weighted by atomic mass is 35.5. The molecule has 0 aliphatic heterocycles. The second-order valence-corrected chi connectivity index (χ2v) is 6.80. The second kappa shape index (κ2) is 7.89. The number of amides is 1. The van der Waals surface area contributed by atoms with Crippen molar-refractivity contribution in [1.29, 1.82) is 0 Å². The topological polar surface area (TPSA) is 55.4 Å². The molecule has 1 atom stereocenters. The third kappa shape index (κ3) is 4.97. The van der Waals surface area contributed by atoms with Gasteiger partial charge in [0.25, 0.3) is 5.91 Å². The fourth-order valence-electron chi connectivity index (χ4n) is 2.39. The van der Waals surface area contributed by atoms with E-state index >= 15 is 0 Å². The normalized spacial score (nSPS) is 14.6. The van der Waals surface area contributed by atoms with Crippen LogP contribution in [-0.2, 0) is 20.7 Å². The third-order valence-corrected chi connectivity index (χ3v) is 4.58. The maximum absolute atomic E-state index is 12.5. The standard InChI is InChI=1S/C19H17Cl2NO3/c20-15-9-6-12(10-16(15)21)11-17(23)25-18(13-4-2-1-3-5-13)19(24)22-14-7-8-14/h1-6,9-10,14,18H,7-8,11H2,(H,22,24)/t18-/m0/s1. The summed E-state index contributed by atoms with van der Waals surface area (Å²) in [6.45, 7) is 0. The molecular weight excluding hydrogens is 361 g/mol. The zero-order chi connectivity index (χ0) is 17.8. The first-order chi connectivity index (χ1) is 12.0. The molecule has 0 bridgehead atoms. The number of hydrogen-bond acceptors (Lipinski definition) is 3. The van der Waals surface area contributed by atoms with Gasteiger partial charge in [-0.3, -0.25) is 9.59 Å². The minimum atomic E-state index is -0.961. The maximum atomic E-state index is 12.5. The van der Waals surface area contributed by atoms with Crippen LogP contribution in [0.3, 0.4) is 0 Å². The molecule has 1 N–H and O–H groups in total. The van der Waals surface area contributed by atoms with Gasteiger partial charge >= 0.3 is 5.97 Å². The molecule has 25 heavy (non-hydrogen) atoms. The molecule has 0 aromatic heterocycles. The number of halogens is 2. The van der Waals surface area contributed by atoms with Crippen LogP contribution in [0.2, 0.25) is 10.0 Å². The zero-order valence-electron chi connectivity index (χ0n) is 13.4. The van der Waals surface area contributed by atoms with Crippen LogP contribution in [0.5, 0.6) is 0 Å². The van der Waals surface area contributed by atoms with Gasteiger partial charge in [0.1, 0.15) is 0 Å². The molecule has 3 rings (SSSR count). The Balaban J connectivity index is 1.71. The Hall–Kier alpha value is -2.04. The summed E-state index contributed by atoms with van der Waals surface area (Å²) in [6, 6.07) is 14.1. The quantitative estimate of drug-likeness (QED) is 0.770. The number of carbonyl (C=O) groups is 2. The molecule has 1 aliphatic rings. The van der Waals surface area contributed by atoms with Gasteiger partial charge in [-0.05, 0) is 30.5 Å². The number of carbonyl (C=O) groups excluding carboxylic acids is 2. The lowest BCUT2D eigenvalue weighted by Gasteiger charge is -2.18. The molecular formula is C19H17Cl2NO3. The van der Waals surface area contributed by atoms with Crippen molar-refractivity contribution in [1.82, 2.24) is 5.32 Å². The van der Waals surface area contributed by atoms with Gasteiger partial charge in [0.2, 0.25) is 6.10 Å². The monoisotopic (exact) mass is 377 g/mol. The Morgan fingerprint density at radius 3 is 2.44 bits per heavy atom. The van der Waals surface area contributed by atoms with E-state index in [1.165, 1.54) is 0 Å². The van der Waals surface area contributed by atoms with E-state index in [0.29, 0.717) is 21.2 Å². The molecule has 1 amide bonds. The van der Waals surface area contributed by atoms with E-state index in [2.05, 4.69) is 5.32 Å². The largest absolute Gasteiger partial charge is 0.447 e. The van der Waals surface area contributed by atoms with Crippen LogP contribution in [0, 0.1) is 0 Å². The Morgan fingerprint density at radius 2 is 1.80 bits per heavy atom. The lowest BCUT2D eigenvalue weighted by atomic mass is 10.1. The van der Waals surface area contributed by atoms with Crippen molar-refractivity contribution < 1.29 is 14.3 Å². The second-order valence-electron chi connectivity index (χ2n) is 5.99. The summed E-state index contributed by atoms with van der Waals surface area (Å²) >= 11 is 11.8. The number of esters is 1. The maximum Gasteiger partial charge on any atom is 0.311 e. The van der Waals surface area contributed by atoms with E-state index in [1.54, 1.807) is 42.5 Å². The van der Waals surface area contributed by atoms with Gasteiger partial charge in [0, 0.05) is 11.6 Å². The molecule has 4 nitrogen and oxygen atoms in total. The lowest BCUT2D eigenvalue weighted by Crippen LogP contribution is -2.33. The van der Waals surface area contributed by atoms with Crippen LogP contribution in [0.1, 0.15) is 30.1 Å². The highest BCUT2D eigenvalue weighted by Crippen LogP contribution is 2.25. The van der Waals surface area contributed by atoms with E-state index in [4.69, 9.17) is 27.9 Å². The van der Waals surface area contributed by atoms with Gasteiger partial charge < -0.3 is 10.1 Å². The van der Waals surface area contributed by atoms with E-state index < -0.39 is 12.1 Å². The van der Waals surface area contributed by atoms with Crippen molar-refractivity contribution in [2.75, 3.05) is 0 Å². The molecule has 6 heteroatoms. The Labute approximate surface area is 156 Å². The van der Waals surface area contributed by atoms with Crippen molar-refractivity contribution >= 4 is 35.1 Å². The van der Waals surface area contributed by atoms with Crippen LogP contribution in [-0.4, -0.2) is 17.9 Å². The summed E-state index contributed by atoms with van der Waals surface area (Å²) in [7, 11) is 0. The summed E-state index contributed by atoms with van der Waals surface area (Å²) in [5, 5.41) is 3.68. The molecule has 1 fully saturated rings. The average molecular weight is 378 g/mol. The molecule has 1 aliphatic carbocycles. The number of benzene rings is 2. The Bertz CT molecular complexity index is 775. The summed E-state index contributed by atoms with van der Waals surface area (Å²) in [6.07, 6.45) is 0.975. The number of ether oxygens (including phenoxy) is 1. The van der Waals surface area contributed by atoms with Crippen LogP contribution in [0.25, 0.3) is 0 Å². The number of rotatable bonds is 6. The highest BCUT2D eigenvalue weighted by molar-refractivity contribution is 6.42. The number of hydrogen-bond donors (Lipinski definition) is 1. The smallest absolute Gasteiger partial charge is 0.311 e. The highest BCUT2D eigenvalue weighted by Gasteiger charge is 2.30. The van der Waals surface area contributed by atoms with E-state index in [1.807, 2.05) is 6.07 Å². The number of nitrogens with one attached hydrogen (secondary N) is 1. The predicted molar refractivity (Wildman–Crippen MR) is 96.6 cm³/mol. The van der Waals surface area contributed by atoms with Gasteiger partial charge in [-0.15, -0.1) is 0 Å². The average Bonchev–Trinajstić information content (AvgIpc) is 3.41. The molecule has 2 aromatic rings. The minimum Gasteiger partial charge on any atom is -0.447 e. The summed E-state index contributed by atoms with van der Waals surface area (Å²) in [4.78, 5) is 24.8. The molecule has 1 saturated carbocycles. The molecule has 0 heterocycles. The van der Waals surface area contributed by atoms with Crippen molar-refractivity contribution in [3.05, 3.63) is 69.7 Å². The predicted octanol–water partition coefficient (Wildman–Crippen LogP) is 4.10. The van der Waals surface area contributed by atoms with Gasteiger partial charge in [0.15, 0.2) is 0 Å². The first-order valence-corrected chi connectivity index (χ1v) is 8.77. The SMILES string of the molecule is O=C(Cc1ccc(Cl)c(Cl)c1)O[C@H](C(=O)NC1CC1)c1ccccc1. The fraction of sp³-hybridized carbons (Fsp3) is 0.263. The molecule has 0 spiro atoms. The summed E-state index contributed by atoms with van der Waals surface area (Å²) in [5.41, 5.74) is 1.32. The summed E-state index contributed by atoms with van der Waals surface area (Å²) in [5.74, 6) is -0.797. The van der Waals surface area contributed by atoms with Crippen molar-refractivity contribution in [2.45, 2.75) is 31.4 Å². The van der Waals surface area contributed by atoms with Gasteiger partial charge in [-0.1, -0.05) is 59.6 Å². The molecule has 0 saturated heterocycles. The first-order valence-electron chi connectivity index (χ1n) is 8.01. The van der Waals surface area contributed by atoms with Gasteiger partial charge in [-0.2, -0.15) is 0 Å². The van der Waals surface area contributed by atoms with Gasteiger partial charge in [0.05, 0.1) is 16.5 Å². The minimum absolute atomic E-state index is 0.0108. The van der Waals surface area contributed by atoms with Crippen molar-refractivity contribution in [3.63, 3.8) is 0 Å². The Kier molecular flexibility index (Phi) is 5.61. The first kappa shape index (κ1) is 17.8. The van der Waals surface area contributed by atoms with Crippen LogP contribution in [0.4, 0.5) is 0 Å². The molecule has 2 aromatic carbocycles. The Morgan fingerprint density at radius 1 is 1.08 bits per heavy atom. The molecule has 130 valence electrons. The lowest BCUT2D eigenvalue weighted by molar-refractivity contribution is -0.156. The van der Waals surface area contributed by atoms with Crippen molar-refractivity contribution in [2.24, 2.45) is 0 Å². The van der Waals surface area contributed by atoms with Crippen molar-refractivity contribution in [3.8, 4) is 0 Å². The molecule has 0 unspecified atom stereocenters. The van der Waals surface area contributed by atoms with Crippen LogP contribution >= 0.6 is 23.2 Å². The zero-order valence-corrected chi connectivity index (χ0v) is 14.9.